The highest BCUT2D eigenvalue weighted by molar-refractivity contribution is 6.30. The molecular formula is C18H25ClN2O2. The van der Waals surface area contributed by atoms with Crippen molar-refractivity contribution in [3.8, 4) is 0 Å². The summed E-state index contributed by atoms with van der Waals surface area (Å²) >= 11 is 5.95. The second-order valence-electron chi connectivity index (χ2n) is 6.63. The fourth-order valence-corrected chi connectivity index (χ4v) is 3.08. The summed E-state index contributed by atoms with van der Waals surface area (Å²) in [5.74, 6) is 0.609. The zero-order chi connectivity index (χ0) is 16.8. The van der Waals surface area contributed by atoms with Crippen LogP contribution < -0.4 is 5.32 Å². The number of carbonyl (C=O) groups excluding carboxylic acids is 2. The second kappa shape index (κ2) is 8.34. The zero-order valence-corrected chi connectivity index (χ0v) is 14.6. The summed E-state index contributed by atoms with van der Waals surface area (Å²) in [5.41, 5.74) is 0.940. The van der Waals surface area contributed by atoms with Gasteiger partial charge in [0, 0.05) is 30.6 Å². The Morgan fingerprint density at radius 1 is 1.30 bits per heavy atom. The van der Waals surface area contributed by atoms with Gasteiger partial charge in [0.1, 0.15) is 0 Å². The van der Waals surface area contributed by atoms with Crippen LogP contribution in [0.1, 0.15) is 38.7 Å². The third-order valence-electron chi connectivity index (χ3n) is 4.05. The standard InChI is InChI=1S/C18H25ClN2O2/c1-13(2)10-17(22)20-16-6-8-21(9-7-16)18(23)12-14-4-3-5-15(19)11-14/h3-5,11,13,16H,6-10,12H2,1-2H3,(H,20,22). The lowest BCUT2D eigenvalue weighted by Crippen LogP contribution is -2.47. The molecule has 1 saturated heterocycles. The van der Waals surface area contributed by atoms with Crippen LogP contribution in [0.3, 0.4) is 0 Å². The molecule has 1 aliphatic heterocycles. The minimum Gasteiger partial charge on any atom is -0.353 e. The lowest BCUT2D eigenvalue weighted by molar-refractivity contribution is -0.131. The van der Waals surface area contributed by atoms with E-state index in [2.05, 4.69) is 5.32 Å². The number of benzene rings is 1. The average Bonchev–Trinajstić information content (AvgIpc) is 2.47. The average molecular weight is 337 g/mol. The first-order valence-electron chi connectivity index (χ1n) is 8.25. The fourth-order valence-electron chi connectivity index (χ4n) is 2.86. The van der Waals surface area contributed by atoms with Crippen molar-refractivity contribution in [3.63, 3.8) is 0 Å². The third kappa shape index (κ3) is 5.87. The number of piperidine rings is 1. The topological polar surface area (TPSA) is 49.4 Å². The van der Waals surface area contributed by atoms with Crippen LogP contribution in [0.15, 0.2) is 24.3 Å². The maximum absolute atomic E-state index is 12.3. The summed E-state index contributed by atoms with van der Waals surface area (Å²) in [7, 11) is 0. The molecule has 5 heteroatoms. The predicted molar refractivity (Wildman–Crippen MR) is 92.4 cm³/mol. The largest absolute Gasteiger partial charge is 0.353 e. The molecule has 126 valence electrons. The van der Waals surface area contributed by atoms with E-state index in [1.807, 2.05) is 36.9 Å². The highest BCUT2D eigenvalue weighted by atomic mass is 35.5. The van der Waals surface area contributed by atoms with Crippen LogP contribution in [0.25, 0.3) is 0 Å². The molecule has 0 atom stereocenters. The number of hydrogen-bond donors (Lipinski definition) is 1. The molecule has 4 nitrogen and oxygen atoms in total. The first-order chi connectivity index (χ1) is 10.9. The molecular weight excluding hydrogens is 312 g/mol. The van der Waals surface area contributed by atoms with Gasteiger partial charge in [-0.3, -0.25) is 9.59 Å². The first kappa shape index (κ1) is 17.8. The van der Waals surface area contributed by atoms with Crippen molar-refractivity contribution in [2.24, 2.45) is 5.92 Å². The van der Waals surface area contributed by atoms with E-state index in [4.69, 9.17) is 11.6 Å². The second-order valence-corrected chi connectivity index (χ2v) is 7.06. The molecule has 1 aromatic carbocycles. The molecule has 2 rings (SSSR count). The Labute approximate surface area is 143 Å². The van der Waals surface area contributed by atoms with Crippen molar-refractivity contribution < 1.29 is 9.59 Å². The molecule has 1 aliphatic rings. The summed E-state index contributed by atoms with van der Waals surface area (Å²) in [6.07, 6.45) is 2.59. The summed E-state index contributed by atoms with van der Waals surface area (Å²) < 4.78 is 0. The van der Waals surface area contributed by atoms with Crippen molar-refractivity contribution in [2.45, 2.75) is 45.6 Å². The number of halogens is 1. The van der Waals surface area contributed by atoms with E-state index >= 15 is 0 Å². The Morgan fingerprint density at radius 3 is 2.61 bits per heavy atom. The van der Waals surface area contributed by atoms with Crippen molar-refractivity contribution in [3.05, 3.63) is 34.9 Å². The van der Waals surface area contributed by atoms with Gasteiger partial charge in [0.25, 0.3) is 0 Å². The Hall–Kier alpha value is -1.55. The number of nitrogens with zero attached hydrogens (tertiary/aromatic N) is 1. The molecule has 0 unspecified atom stereocenters. The number of likely N-dealkylation sites (tertiary alicyclic amines) is 1. The van der Waals surface area contributed by atoms with Crippen LogP contribution in [0.5, 0.6) is 0 Å². The Morgan fingerprint density at radius 2 is 2.00 bits per heavy atom. The summed E-state index contributed by atoms with van der Waals surface area (Å²) in [4.78, 5) is 26.0. The van der Waals surface area contributed by atoms with Crippen molar-refractivity contribution >= 4 is 23.4 Å². The van der Waals surface area contributed by atoms with Gasteiger partial charge >= 0.3 is 0 Å². The number of rotatable bonds is 5. The van der Waals surface area contributed by atoms with Crippen LogP contribution in [0.4, 0.5) is 0 Å². The summed E-state index contributed by atoms with van der Waals surface area (Å²) in [5, 5.41) is 3.73. The highest BCUT2D eigenvalue weighted by Gasteiger charge is 2.23. The highest BCUT2D eigenvalue weighted by Crippen LogP contribution is 2.15. The molecule has 1 heterocycles. The molecule has 0 aromatic heterocycles. The smallest absolute Gasteiger partial charge is 0.226 e. The molecule has 0 saturated carbocycles. The molecule has 0 radical (unpaired) electrons. The lowest BCUT2D eigenvalue weighted by atomic mass is 10.0. The number of carbonyl (C=O) groups is 2. The van der Waals surface area contributed by atoms with Gasteiger partial charge in [-0.15, -0.1) is 0 Å². The molecule has 2 amide bonds. The van der Waals surface area contributed by atoms with E-state index in [1.165, 1.54) is 0 Å². The Bertz CT molecular complexity index is 552. The van der Waals surface area contributed by atoms with Crippen LogP contribution in [-0.4, -0.2) is 35.8 Å². The van der Waals surface area contributed by atoms with Gasteiger partial charge in [-0.05, 0) is 36.5 Å². The summed E-state index contributed by atoms with van der Waals surface area (Å²) in [6, 6.07) is 7.61. The molecule has 1 N–H and O–H groups in total. The van der Waals surface area contributed by atoms with Crippen LogP contribution in [0, 0.1) is 5.92 Å². The van der Waals surface area contributed by atoms with Crippen molar-refractivity contribution in [1.29, 1.82) is 0 Å². The molecule has 0 spiro atoms. The van der Waals surface area contributed by atoms with E-state index < -0.39 is 0 Å². The lowest BCUT2D eigenvalue weighted by Gasteiger charge is -2.32. The first-order valence-corrected chi connectivity index (χ1v) is 8.63. The van der Waals surface area contributed by atoms with Crippen LogP contribution in [0.2, 0.25) is 5.02 Å². The third-order valence-corrected chi connectivity index (χ3v) is 4.29. The number of hydrogen-bond acceptors (Lipinski definition) is 2. The molecule has 0 bridgehead atoms. The maximum atomic E-state index is 12.3. The van der Waals surface area contributed by atoms with Crippen LogP contribution >= 0.6 is 11.6 Å². The number of nitrogens with one attached hydrogen (secondary N) is 1. The van der Waals surface area contributed by atoms with Crippen molar-refractivity contribution in [2.75, 3.05) is 13.1 Å². The van der Waals surface area contributed by atoms with Gasteiger partial charge in [0.15, 0.2) is 0 Å². The number of amides is 2. The van der Waals surface area contributed by atoms with Gasteiger partial charge in [0.05, 0.1) is 6.42 Å². The van der Waals surface area contributed by atoms with Crippen molar-refractivity contribution in [1.82, 2.24) is 10.2 Å². The molecule has 1 fully saturated rings. The molecule has 0 aliphatic carbocycles. The van der Waals surface area contributed by atoms with Gasteiger partial charge in [0.2, 0.25) is 11.8 Å². The summed E-state index contributed by atoms with van der Waals surface area (Å²) in [6.45, 7) is 5.48. The van der Waals surface area contributed by atoms with E-state index in [1.54, 1.807) is 6.07 Å². The predicted octanol–water partition coefficient (Wildman–Crippen LogP) is 3.04. The monoisotopic (exact) mass is 336 g/mol. The van der Waals surface area contributed by atoms with E-state index in [9.17, 15) is 9.59 Å². The van der Waals surface area contributed by atoms with Gasteiger partial charge < -0.3 is 10.2 Å². The molecule has 1 aromatic rings. The minimum atomic E-state index is 0.115. The van der Waals surface area contributed by atoms with Crippen LogP contribution in [-0.2, 0) is 16.0 Å². The maximum Gasteiger partial charge on any atom is 0.226 e. The SMILES string of the molecule is CC(C)CC(=O)NC1CCN(C(=O)Cc2cccc(Cl)c2)CC1. The zero-order valence-electron chi connectivity index (χ0n) is 13.8. The Kier molecular flexibility index (Phi) is 6.46. The molecule has 23 heavy (non-hydrogen) atoms. The fraction of sp³-hybridized carbons (Fsp3) is 0.556. The normalized spacial score (nSPS) is 15.7. The van der Waals surface area contributed by atoms with E-state index in [0.29, 0.717) is 36.9 Å². The minimum absolute atomic E-state index is 0.115. The van der Waals surface area contributed by atoms with E-state index in [-0.39, 0.29) is 17.9 Å². The van der Waals surface area contributed by atoms with Gasteiger partial charge in [-0.2, -0.15) is 0 Å². The Balaban J connectivity index is 1.77. The van der Waals surface area contributed by atoms with E-state index in [0.717, 1.165) is 18.4 Å². The quantitative estimate of drug-likeness (QED) is 0.898. The van der Waals surface area contributed by atoms with Gasteiger partial charge in [-0.25, -0.2) is 0 Å². The van der Waals surface area contributed by atoms with Gasteiger partial charge in [-0.1, -0.05) is 37.6 Å².